The van der Waals surface area contributed by atoms with Gasteiger partial charge in [0.25, 0.3) is 0 Å². The lowest BCUT2D eigenvalue weighted by Gasteiger charge is -2.14. The van der Waals surface area contributed by atoms with E-state index in [0.717, 1.165) is 107 Å². The minimum atomic E-state index is 0. The van der Waals surface area contributed by atoms with E-state index in [4.69, 9.17) is 47.7 Å². The summed E-state index contributed by atoms with van der Waals surface area (Å²) in [5.41, 5.74) is 10.9. The van der Waals surface area contributed by atoms with Gasteiger partial charge in [0.1, 0.15) is 34.5 Å². The van der Waals surface area contributed by atoms with Gasteiger partial charge in [0.15, 0.2) is 34.5 Å². The fourth-order valence-electron chi connectivity index (χ4n) is 8.83. The van der Waals surface area contributed by atoms with Crippen molar-refractivity contribution in [2.75, 3.05) is 64.0 Å². The predicted molar refractivity (Wildman–Crippen MR) is 333 cm³/mol. The maximum atomic E-state index is 9.93. The Labute approximate surface area is 496 Å². The molecule has 0 fully saturated rings. The molecule has 0 aliphatic carbocycles. The molecule has 0 heterocycles. The van der Waals surface area contributed by atoms with Crippen molar-refractivity contribution in [2.24, 2.45) is 0 Å². The highest BCUT2D eigenvalue weighted by Crippen LogP contribution is 2.40. The van der Waals surface area contributed by atoms with E-state index in [9.17, 15) is 25.5 Å². The standard InChI is InChI=1S/C19H24O4.C18H22O4.C16H18O4.C14H14O3.2CH4/c1-13-6-7-14(10-16(13)20-2)8-9-15-11-17(21-3)19(23-5)18(12-15)22-4;1-12-5-6-13(9-15(12)20-2)7-8-14-10-16(21-3)18(19)17(11-14)22-4;1-19-14-9-12(10-15(20-2)16(14)18)7-6-11-4-3-5-13(17)8-11;15-12-5-3-10(4-6-12)1-2-11-7-13(16)9-14(17)8-11;;/h6-7,10-12H,8-9H2,1-5H3;5-6,9-11,19H,7-8H2,1-4H3;3-5,8-10,17-18H,6-7H2,1-2H3;3-9,15-17H,1-2H2;2*1H4. The van der Waals surface area contributed by atoms with Crippen molar-refractivity contribution in [3.05, 3.63) is 195 Å². The normalized spacial score (nSPS) is 10.1. The van der Waals surface area contributed by atoms with Crippen LogP contribution in [0.25, 0.3) is 0 Å². The van der Waals surface area contributed by atoms with E-state index in [1.54, 1.807) is 84.1 Å². The largest absolute Gasteiger partial charge is 0.508 e. The summed E-state index contributed by atoms with van der Waals surface area (Å²) >= 11 is 0. The highest BCUT2D eigenvalue weighted by Gasteiger charge is 2.15. The Bertz CT molecular complexity index is 3190. The van der Waals surface area contributed by atoms with Crippen molar-refractivity contribution in [1.29, 1.82) is 0 Å². The van der Waals surface area contributed by atoms with Crippen molar-refractivity contribution >= 4 is 0 Å². The third kappa shape index (κ3) is 20.6. The van der Waals surface area contributed by atoms with Crippen LogP contribution in [0.15, 0.2) is 140 Å². The van der Waals surface area contributed by atoms with Gasteiger partial charge in [-0.15, -0.1) is 0 Å². The summed E-state index contributed by atoms with van der Waals surface area (Å²) in [6, 6.07) is 42.6. The van der Waals surface area contributed by atoms with Gasteiger partial charge in [-0.25, -0.2) is 0 Å². The molecular formula is C69H86O15. The smallest absolute Gasteiger partial charge is 0.203 e. The van der Waals surface area contributed by atoms with Gasteiger partial charge in [-0.3, -0.25) is 0 Å². The number of aromatic hydroxyl groups is 6. The summed E-state index contributed by atoms with van der Waals surface area (Å²) in [6.45, 7) is 4.07. The second-order valence-corrected chi connectivity index (χ2v) is 19.0. The summed E-state index contributed by atoms with van der Waals surface area (Å²) in [6.07, 6.45) is 6.54. The third-order valence-corrected chi connectivity index (χ3v) is 13.4. The van der Waals surface area contributed by atoms with Crippen LogP contribution in [0.3, 0.4) is 0 Å². The van der Waals surface area contributed by atoms with Crippen molar-refractivity contribution in [3.8, 4) is 86.2 Å². The van der Waals surface area contributed by atoms with Crippen LogP contribution < -0.4 is 42.6 Å². The summed E-state index contributed by atoms with van der Waals surface area (Å²) in [4.78, 5) is 0. The molecular weight excluding hydrogens is 1070 g/mol. The summed E-state index contributed by atoms with van der Waals surface area (Å²) in [5.74, 6) is 6.18. The highest BCUT2D eigenvalue weighted by atomic mass is 16.5. The molecule has 84 heavy (non-hydrogen) atoms. The summed E-state index contributed by atoms with van der Waals surface area (Å²) < 4.78 is 47.5. The molecule has 8 aromatic rings. The summed E-state index contributed by atoms with van der Waals surface area (Å²) in [7, 11) is 14.3. The average molecular weight is 1160 g/mol. The molecule has 0 radical (unpaired) electrons. The number of ether oxygens (including phenoxy) is 9. The Balaban J connectivity index is 0.000000293. The van der Waals surface area contributed by atoms with Crippen molar-refractivity contribution in [3.63, 3.8) is 0 Å². The van der Waals surface area contributed by atoms with Crippen molar-refractivity contribution in [1.82, 2.24) is 0 Å². The SMILES string of the molecule is C.C.COc1cc(CCc2cc(OC)c(O)c(OC)c2)ccc1C.COc1cc(CCc2cc(OC)c(OC)c(OC)c2)ccc1C.COc1cc(CCc2cccc(O)c2)cc(OC)c1O.Oc1ccc(CCc2cc(O)cc(O)c2)cc1. The van der Waals surface area contributed by atoms with Crippen LogP contribution in [0, 0.1) is 13.8 Å². The van der Waals surface area contributed by atoms with E-state index in [-0.39, 0.29) is 49.4 Å². The van der Waals surface area contributed by atoms with E-state index in [1.807, 2.05) is 62.4 Å². The molecule has 15 nitrogen and oxygen atoms in total. The molecule has 15 heteroatoms. The fraction of sp³-hybridized carbons (Fsp3) is 0.304. The van der Waals surface area contributed by atoms with Crippen LogP contribution in [0.1, 0.15) is 70.5 Å². The lowest BCUT2D eigenvalue weighted by Crippen LogP contribution is -1.99. The van der Waals surface area contributed by atoms with Crippen LogP contribution in [0.4, 0.5) is 0 Å². The van der Waals surface area contributed by atoms with E-state index in [0.29, 0.717) is 40.2 Å². The first-order valence-corrected chi connectivity index (χ1v) is 26.5. The highest BCUT2D eigenvalue weighted by molar-refractivity contribution is 5.55. The molecule has 0 aromatic heterocycles. The average Bonchev–Trinajstić information content (AvgIpc) is 3.67. The zero-order chi connectivity index (χ0) is 59.7. The minimum absolute atomic E-state index is 0. The Kier molecular flexibility index (Phi) is 28.7. The molecule has 452 valence electrons. The molecule has 0 bridgehead atoms. The molecule has 0 saturated heterocycles. The van der Waals surface area contributed by atoms with E-state index < -0.39 is 0 Å². The van der Waals surface area contributed by atoms with Crippen LogP contribution >= 0.6 is 0 Å². The molecule has 0 saturated carbocycles. The first kappa shape index (κ1) is 69.0. The van der Waals surface area contributed by atoms with Gasteiger partial charge >= 0.3 is 0 Å². The number of methoxy groups -OCH3 is 9. The number of rotatable bonds is 21. The van der Waals surface area contributed by atoms with Crippen LogP contribution in [0.2, 0.25) is 0 Å². The number of aryl methyl sites for hydroxylation is 10. The zero-order valence-electron chi connectivity index (χ0n) is 48.8. The molecule has 8 aromatic carbocycles. The van der Waals surface area contributed by atoms with Gasteiger partial charge < -0.3 is 73.3 Å². The van der Waals surface area contributed by atoms with E-state index in [1.165, 1.54) is 45.6 Å². The Morgan fingerprint density at radius 1 is 0.250 bits per heavy atom. The second-order valence-electron chi connectivity index (χ2n) is 19.0. The third-order valence-electron chi connectivity index (χ3n) is 13.4. The first-order valence-electron chi connectivity index (χ1n) is 26.5. The lowest BCUT2D eigenvalue weighted by molar-refractivity contribution is 0.324. The van der Waals surface area contributed by atoms with E-state index >= 15 is 0 Å². The number of hydrogen-bond donors (Lipinski definition) is 6. The topological polar surface area (TPSA) is 204 Å². The molecule has 0 amide bonds. The van der Waals surface area contributed by atoms with E-state index in [2.05, 4.69) is 36.4 Å². The molecule has 8 rings (SSSR count). The molecule has 0 spiro atoms. The van der Waals surface area contributed by atoms with Gasteiger partial charge in [0.05, 0.1) is 64.0 Å². The second kappa shape index (κ2) is 34.9. The predicted octanol–water partition coefficient (Wildman–Crippen LogP) is 14.1. The Morgan fingerprint density at radius 2 is 0.536 bits per heavy atom. The van der Waals surface area contributed by atoms with Gasteiger partial charge in [0, 0.05) is 6.07 Å². The van der Waals surface area contributed by atoms with Crippen LogP contribution in [-0.4, -0.2) is 94.6 Å². The fourth-order valence-corrected chi connectivity index (χ4v) is 8.83. The van der Waals surface area contributed by atoms with Crippen LogP contribution in [-0.2, 0) is 51.4 Å². The van der Waals surface area contributed by atoms with Gasteiger partial charge in [0.2, 0.25) is 17.2 Å². The maximum Gasteiger partial charge on any atom is 0.203 e. The van der Waals surface area contributed by atoms with Crippen molar-refractivity contribution < 1.29 is 73.3 Å². The number of phenolic OH excluding ortho intramolecular Hbond substituents is 6. The number of hydrogen-bond acceptors (Lipinski definition) is 15. The molecule has 0 atom stereocenters. The maximum absolute atomic E-state index is 9.93. The first-order chi connectivity index (χ1) is 39.5. The van der Waals surface area contributed by atoms with Crippen LogP contribution in [0.5, 0.6) is 86.2 Å². The van der Waals surface area contributed by atoms with Gasteiger partial charge in [-0.1, -0.05) is 63.4 Å². The number of phenols is 6. The molecule has 0 unspecified atom stereocenters. The molecule has 6 N–H and O–H groups in total. The quantitative estimate of drug-likeness (QED) is 0.0396. The minimum Gasteiger partial charge on any atom is -0.508 e. The van der Waals surface area contributed by atoms with Gasteiger partial charge in [-0.2, -0.15) is 0 Å². The van der Waals surface area contributed by atoms with Crippen molar-refractivity contribution in [2.45, 2.75) is 80.1 Å². The Morgan fingerprint density at radius 3 is 0.881 bits per heavy atom. The lowest BCUT2D eigenvalue weighted by atomic mass is 10.0. The summed E-state index contributed by atoms with van der Waals surface area (Å²) in [5, 5.41) is 57.0. The molecule has 0 aliphatic rings. The number of benzene rings is 8. The Hall–Kier alpha value is -9.24. The zero-order valence-corrected chi connectivity index (χ0v) is 48.8. The monoisotopic (exact) mass is 1150 g/mol. The van der Waals surface area contributed by atoms with Gasteiger partial charge in [-0.05, 0) is 206 Å². The molecule has 0 aliphatic heterocycles.